The van der Waals surface area contributed by atoms with Gasteiger partial charge in [0.15, 0.2) is 0 Å². The van der Waals surface area contributed by atoms with E-state index in [1.807, 2.05) is 18.2 Å². The highest BCUT2D eigenvalue weighted by molar-refractivity contribution is 6.11. The van der Waals surface area contributed by atoms with Crippen LogP contribution in [0.1, 0.15) is 49.0 Å². The molecule has 1 heterocycles. The van der Waals surface area contributed by atoms with Crippen molar-refractivity contribution in [3.8, 4) is 0 Å². The van der Waals surface area contributed by atoms with Crippen molar-refractivity contribution in [2.45, 2.75) is 38.5 Å². The predicted molar refractivity (Wildman–Crippen MR) is 77.3 cm³/mol. The Kier molecular flexibility index (Phi) is 2.96. The lowest BCUT2D eigenvalue weighted by Gasteiger charge is -2.36. The number of fused-ring (bicyclic) bond motifs is 1. The van der Waals surface area contributed by atoms with Gasteiger partial charge in [-0.1, -0.05) is 38.1 Å². The minimum atomic E-state index is -0.0583. The Morgan fingerprint density at radius 3 is 2.47 bits per heavy atom. The third kappa shape index (κ3) is 2.09. The molecule has 0 atom stereocenters. The zero-order valence-corrected chi connectivity index (χ0v) is 11.8. The molecule has 0 saturated carbocycles. The minimum Gasteiger partial charge on any atom is -0.369 e. The monoisotopic (exact) mass is 255 g/mol. The Hall–Kier alpha value is -1.57. The lowest BCUT2D eigenvalue weighted by atomic mass is 9.75. The van der Waals surface area contributed by atoms with E-state index in [9.17, 15) is 4.79 Å². The van der Waals surface area contributed by atoms with Crippen molar-refractivity contribution in [2.75, 3.05) is 13.1 Å². The van der Waals surface area contributed by atoms with E-state index in [4.69, 9.17) is 0 Å². The molecule has 1 saturated heterocycles. The van der Waals surface area contributed by atoms with E-state index < -0.39 is 0 Å². The average Bonchev–Trinajstić information content (AvgIpc) is 2.44. The second-order valence-corrected chi connectivity index (χ2v) is 6.17. The van der Waals surface area contributed by atoms with Crippen LogP contribution in [0, 0.1) is 0 Å². The third-order valence-electron chi connectivity index (χ3n) is 4.29. The number of ketones is 1. The van der Waals surface area contributed by atoms with Crippen LogP contribution in [0.5, 0.6) is 0 Å². The smallest absolute Gasteiger partial charge is 0.209 e. The van der Waals surface area contributed by atoms with Crippen LogP contribution in [0.15, 0.2) is 36.0 Å². The number of benzene rings is 1. The molecule has 0 amide bonds. The maximum atomic E-state index is 12.7. The van der Waals surface area contributed by atoms with Crippen LogP contribution in [-0.2, 0) is 5.41 Å². The van der Waals surface area contributed by atoms with Crippen LogP contribution in [0.4, 0.5) is 0 Å². The molecule has 3 rings (SSSR count). The quantitative estimate of drug-likeness (QED) is 0.765. The van der Waals surface area contributed by atoms with Gasteiger partial charge in [-0.15, -0.1) is 0 Å². The Balaban J connectivity index is 2.03. The number of Topliss-reactive ketones (excluding diaryl/α,β-unsaturated/α-hetero) is 1. The molecule has 0 bridgehead atoms. The third-order valence-corrected chi connectivity index (χ3v) is 4.29. The fourth-order valence-corrected chi connectivity index (χ4v) is 3.24. The summed E-state index contributed by atoms with van der Waals surface area (Å²) < 4.78 is 0. The first kappa shape index (κ1) is 12.5. The zero-order chi connectivity index (χ0) is 13.5. The van der Waals surface area contributed by atoms with E-state index in [1.165, 1.54) is 19.3 Å². The molecule has 0 spiro atoms. The number of piperidine rings is 1. The van der Waals surface area contributed by atoms with Crippen LogP contribution < -0.4 is 0 Å². The van der Waals surface area contributed by atoms with Crippen molar-refractivity contribution < 1.29 is 4.79 Å². The van der Waals surface area contributed by atoms with E-state index in [-0.39, 0.29) is 11.2 Å². The van der Waals surface area contributed by atoms with E-state index in [0.29, 0.717) is 0 Å². The maximum Gasteiger partial charge on any atom is 0.209 e. The number of hydrogen-bond donors (Lipinski definition) is 0. The number of carbonyl (C=O) groups is 1. The Morgan fingerprint density at radius 1 is 1.05 bits per heavy atom. The normalized spacial score (nSPS) is 21.9. The molecule has 19 heavy (non-hydrogen) atoms. The molecule has 0 N–H and O–H groups in total. The second kappa shape index (κ2) is 4.52. The summed E-state index contributed by atoms with van der Waals surface area (Å²) in [5.41, 5.74) is 2.90. The Labute approximate surface area is 115 Å². The molecule has 1 aliphatic heterocycles. The molecular weight excluding hydrogens is 234 g/mol. The number of carbonyl (C=O) groups excluding carboxylic acids is 1. The molecule has 1 aromatic carbocycles. The molecule has 2 heteroatoms. The Morgan fingerprint density at radius 2 is 1.74 bits per heavy atom. The fraction of sp³-hybridized carbons (Fsp3) is 0.471. The summed E-state index contributed by atoms with van der Waals surface area (Å²) in [6.45, 7) is 6.44. The molecule has 1 aliphatic carbocycles. The first-order valence-electron chi connectivity index (χ1n) is 7.21. The summed E-state index contributed by atoms with van der Waals surface area (Å²) in [7, 11) is 0. The van der Waals surface area contributed by atoms with Gasteiger partial charge in [0, 0.05) is 24.1 Å². The number of hydrogen-bond acceptors (Lipinski definition) is 2. The van der Waals surface area contributed by atoms with Gasteiger partial charge < -0.3 is 4.90 Å². The van der Waals surface area contributed by atoms with Crippen molar-refractivity contribution in [3.05, 3.63) is 47.2 Å². The molecule has 2 aliphatic rings. The SMILES string of the molecule is CC1(C)C=C(N2CCCCC2)C(=O)c2ccccc21. The summed E-state index contributed by atoms with van der Waals surface area (Å²) >= 11 is 0. The van der Waals surface area contributed by atoms with Crippen molar-refractivity contribution in [3.63, 3.8) is 0 Å². The van der Waals surface area contributed by atoms with Crippen LogP contribution >= 0.6 is 0 Å². The van der Waals surface area contributed by atoms with E-state index >= 15 is 0 Å². The summed E-state index contributed by atoms with van der Waals surface area (Å²) in [6.07, 6.45) is 5.86. The van der Waals surface area contributed by atoms with Gasteiger partial charge >= 0.3 is 0 Å². The molecule has 1 fully saturated rings. The molecule has 0 radical (unpaired) electrons. The Bertz CT molecular complexity index is 536. The van der Waals surface area contributed by atoms with Gasteiger partial charge in [-0.3, -0.25) is 4.79 Å². The highest BCUT2D eigenvalue weighted by Crippen LogP contribution is 2.36. The minimum absolute atomic E-state index is 0.0583. The average molecular weight is 255 g/mol. The van der Waals surface area contributed by atoms with Crippen LogP contribution in [0.2, 0.25) is 0 Å². The van der Waals surface area contributed by atoms with Crippen molar-refractivity contribution in [1.82, 2.24) is 4.90 Å². The summed E-state index contributed by atoms with van der Waals surface area (Å²) in [6, 6.07) is 8.03. The van der Waals surface area contributed by atoms with Crippen LogP contribution in [0.25, 0.3) is 0 Å². The highest BCUT2D eigenvalue weighted by Gasteiger charge is 2.34. The van der Waals surface area contributed by atoms with Crippen LogP contribution in [-0.4, -0.2) is 23.8 Å². The number of rotatable bonds is 1. The molecule has 0 aromatic heterocycles. The maximum absolute atomic E-state index is 12.7. The van der Waals surface area contributed by atoms with E-state index in [2.05, 4.69) is 30.9 Å². The standard InChI is InChI=1S/C17H21NO/c1-17(2)12-15(18-10-6-3-7-11-18)16(19)13-8-4-5-9-14(13)17/h4-5,8-9,12H,3,6-7,10-11H2,1-2H3. The molecule has 100 valence electrons. The van der Waals surface area contributed by atoms with Crippen molar-refractivity contribution >= 4 is 5.78 Å². The number of likely N-dealkylation sites (tertiary alicyclic amines) is 1. The topological polar surface area (TPSA) is 20.3 Å². The fourth-order valence-electron chi connectivity index (χ4n) is 3.24. The second-order valence-electron chi connectivity index (χ2n) is 6.17. The molecule has 0 unspecified atom stereocenters. The van der Waals surface area contributed by atoms with Crippen LogP contribution in [0.3, 0.4) is 0 Å². The first-order chi connectivity index (χ1) is 9.09. The lowest BCUT2D eigenvalue weighted by molar-refractivity contribution is 0.0973. The van der Waals surface area contributed by atoms with Gasteiger partial charge in [-0.2, -0.15) is 0 Å². The van der Waals surface area contributed by atoms with Crippen molar-refractivity contribution in [1.29, 1.82) is 0 Å². The van der Waals surface area contributed by atoms with Gasteiger partial charge in [-0.25, -0.2) is 0 Å². The van der Waals surface area contributed by atoms with Gasteiger partial charge in [0.25, 0.3) is 0 Å². The van der Waals surface area contributed by atoms with E-state index in [0.717, 1.165) is 29.9 Å². The zero-order valence-electron chi connectivity index (χ0n) is 11.8. The molecule has 1 aromatic rings. The summed E-state index contributed by atoms with van der Waals surface area (Å²) in [4.78, 5) is 15.0. The van der Waals surface area contributed by atoms with Crippen molar-refractivity contribution in [2.24, 2.45) is 0 Å². The predicted octanol–water partition coefficient (Wildman–Crippen LogP) is 3.53. The lowest BCUT2D eigenvalue weighted by Crippen LogP contribution is -2.37. The van der Waals surface area contributed by atoms with Gasteiger partial charge in [0.05, 0.1) is 5.70 Å². The number of allylic oxidation sites excluding steroid dienone is 2. The molecule has 2 nitrogen and oxygen atoms in total. The summed E-state index contributed by atoms with van der Waals surface area (Å²) in [5.74, 6) is 0.205. The first-order valence-corrected chi connectivity index (χ1v) is 7.21. The molecular formula is C17H21NO. The van der Waals surface area contributed by atoms with Gasteiger partial charge in [0.2, 0.25) is 5.78 Å². The van der Waals surface area contributed by atoms with E-state index in [1.54, 1.807) is 0 Å². The largest absolute Gasteiger partial charge is 0.369 e. The van der Waals surface area contributed by atoms with Gasteiger partial charge in [-0.05, 0) is 30.9 Å². The highest BCUT2D eigenvalue weighted by atomic mass is 16.1. The number of nitrogens with zero attached hydrogens (tertiary/aromatic N) is 1. The summed E-state index contributed by atoms with van der Waals surface area (Å²) in [5, 5.41) is 0. The van der Waals surface area contributed by atoms with Gasteiger partial charge in [0.1, 0.15) is 0 Å².